The molecule has 2 nitrogen and oxygen atoms in total. The molecule has 1 atom stereocenters. The Morgan fingerprint density at radius 1 is 1.06 bits per heavy atom. The van der Waals surface area contributed by atoms with Gasteiger partial charge in [-0.05, 0) is 56.2 Å². The Morgan fingerprint density at radius 3 is 2.33 bits per heavy atom. The Kier molecular flexibility index (Phi) is 5.84. The van der Waals surface area contributed by atoms with E-state index in [1.165, 1.54) is 58.4 Å². The lowest BCUT2D eigenvalue weighted by Gasteiger charge is -2.32. The first-order valence-electron chi connectivity index (χ1n) is 7.68. The summed E-state index contributed by atoms with van der Waals surface area (Å²) in [4.78, 5) is 2.74. The molecule has 0 spiro atoms. The first kappa shape index (κ1) is 14.7. The fraction of sp³-hybridized carbons (Fsp3) is 1.00. The van der Waals surface area contributed by atoms with E-state index < -0.39 is 0 Å². The van der Waals surface area contributed by atoms with Crippen LogP contribution in [0, 0.1) is 17.8 Å². The molecule has 2 aliphatic heterocycles. The Balaban J connectivity index is 1.66. The summed E-state index contributed by atoms with van der Waals surface area (Å²) in [5.74, 6) is 2.82. The van der Waals surface area contributed by atoms with Crippen molar-refractivity contribution in [3.63, 3.8) is 0 Å². The van der Waals surface area contributed by atoms with Gasteiger partial charge in [-0.1, -0.05) is 25.8 Å². The van der Waals surface area contributed by atoms with Crippen molar-refractivity contribution in [3.8, 4) is 0 Å². The molecule has 0 bridgehead atoms. The second-order valence-electron chi connectivity index (χ2n) is 6.60. The van der Waals surface area contributed by atoms with E-state index in [4.69, 9.17) is 0 Å². The van der Waals surface area contributed by atoms with Gasteiger partial charge in [0.15, 0.2) is 0 Å². The van der Waals surface area contributed by atoms with E-state index in [9.17, 15) is 0 Å². The Morgan fingerprint density at radius 2 is 1.72 bits per heavy atom. The Labute approximate surface area is 118 Å². The SMILES string of the molecule is CSN1CCC(CN2CC[C@H](CC(C)C)C2)CC1. The molecule has 0 aliphatic carbocycles. The molecule has 0 aromatic rings. The van der Waals surface area contributed by atoms with Gasteiger partial charge in [-0.2, -0.15) is 0 Å². The highest BCUT2D eigenvalue weighted by atomic mass is 32.2. The van der Waals surface area contributed by atoms with Crippen molar-refractivity contribution < 1.29 is 0 Å². The Bertz CT molecular complexity index is 237. The topological polar surface area (TPSA) is 6.48 Å². The van der Waals surface area contributed by atoms with Crippen LogP contribution in [0.15, 0.2) is 0 Å². The highest BCUT2D eigenvalue weighted by molar-refractivity contribution is 7.96. The average Bonchev–Trinajstić information content (AvgIpc) is 2.76. The molecular weight excluding hydrogens is 240 g/mol. The molecule has 18 heavy (non-hydrogen) atoms. The van der Waals surface area contributed by atoms with Gasteiger partial charge in [0, 0.05) is 26.2 Å². The summed E-state index contributed by atoms with van der Waals surface area (Å²) in [6.07, 6.45) is 7.90. The van der Waals surface area contributed by atoms with Gasteiger partial charge < -0.3 is 4.90 Å². The zero-order valence-corrected chi connectivity index (χ0v) is 13.2. The zero-order valence-electron chi connectivity index (χ0n) is 12.4. The normalized spacial score (nSPS) is 28.3. The molecular formula is C15H30N2S. The van der Waals surface area contributed by atoms with Crippen molar-refractivity contribution in [1.82, 2.24) is 9.21 Å². The van der Waals surface area contributed by atoms with Crippen molar-refractivity contribution in [1.29, 1.82) is 0 Å². The van der Waals surface area contributed by atoms with E-state index >= 15 is 0 Å². The molecule has 2 rings (SSSR count). The minimum atomic E-state index is 0.875. The fourth-order valence-corrected chi connectivity index (χ4v) is 4.15. The van der Waals surface area contributed by atoms with E-state index in [-0.39, 0.29) is 0 Å². The highest BCUT2D eigenvalue weighted by Crippen LogP contribution is 2.27. The molecule has 0 amide bonds. The minimum absolute atomic E-state index is 0.875. The molecule has 2 fully saturated rings. The Hall–Kier alpha value is 0.270. The third kappa shape index (κ3) is 4.43. The van der Waals surface area contributed by atoms with Crippen LogP contribution in [0.1, 0.15) is 39.5 Å². The van der Waals surface area contributed by atoms with Crippen LogP contribution in [0.5, 0.6) is 0 Å². The van der Waals surface area contributed by atoms with Crippen molar-refractivity contribution in [3.05, 3.63) is 0 Å². The van der Waals surface area contributed by atoms with Crippen LogP contribution >= 0.6 is 11.9 Å². The van der Waals surface area contributed by atoms with E-state index in [0.717, 1.165) is 17.8 Å². The molecule has 0 aromatic heterocycles. The predicted octanol–water partition coefficient (Wildman–Crippen LogP) is 3.34. The predicted molar refractivity (Wildman–Crippen MR) is 81.8 cm³/mol. The van der Waals surface area contributed by atoms with Crippen molar-refractivity contribution in [2.45, 2.75) is 39.5 Å². The second kappa shape index (κ2) is 7.16. The lowest BCUT2D eigenvalue weighted by atomic mass is 9.96. The summed E-state index contributed by atoms with van der Waals surface area (Å²) >= 11 is 1.92. The smallest absolute Gasteiger partial charge is 0.00923 e. The first-order chi connectivity index (χ1) is 8.67. The monoisotopic (exact) mass is 270 g/mol. The second-order valence-corrected chi connectivity index (χ2v) is 7.48. The number of hydrogen-bond acceptors (Lipinski definition) is 3. The summed E-state index contributed by atoms with van der Waals surface area (Å²) in [7, 11) is 0. The molecule has 0 saturated carbocycles. The highest BCUT2D eigenvalue weighted by Gasteiger charge is 2.26. The van der Waals surface area contributed by atoms with Gasteiger partial charge in [0.2, 0.25) is 0 Å². The molecule has 0 radical (unpaired) electrons. The first-order valence-corrected chi connectivity index (χ1v) is 8.87. The zero-order chi connectivity index (χ0) is 13.0. The lowest BCUT2D eigenvalue weighted by Crippen LogP contribution is -2.35. The number of likely N-dealkylation sites (tertiary alicyclic amines) is 1. The number of nitrogens with zero attached hydrogens (tertiary/aromatic N) is 2. The van der Waals surface area contributed by atoms with Crippen LogP contribution in [0.25, 0.3) is 0 Å². The maximum Gasteiger partial charge on any atom is 0.00923 e. The summed E-state index contributed by atoms with van der Waals surface area (Å²) in [5, 5.41) is 0. The van der Waals surface area contributed by atoms with Crippen LogP contribution in [0.3, 0.4) is 0 Å². The van der Waals surface area contributed by atoms with Crippen molar-refractivity contribution >= 4 is 11.9 Å². The maximum atomic E-state index is 2.74. The van der Waals surface area contributed by atoms with E-state index in [2.05, 4.69) is 29.3 Å². The molecule has 0 unspecified atom stereocenters. The van der Waals surface area contributed by atoms with E-state index in [0.29, 0.717) is 0 Å². The van der Waals surface area contributed by atoms with Crippen LogP contribution in [-0.4, -0.2) is 48.2 Å². The van der Waals surface area contributed by atoms with Gasteiger partial charge in [-0.3, -0.25) is 4.31 Å². The third-order valence-corrected chi connectivity index (χ3v) is 5.40. The summed E-state index contributed by atoms with van der Waals surface area (Å²) in [5.41, 5.74) is 0. The number of rotatable bonds is 5. The molecule has 2 heterocycles. The minimum Gasteiger partial charge on any atom is -0.303 e. The number of hydrogen-bond donors (Lipinski definition) is 0. The van der Waals surface area contributed by atoms with Crippen LogP contribution in [0.2, 0.25) is 0 Å². The van der Waals surface area contributed by atoms with Crippen molar-refractivity contribution in [2.75, 3.05) is 39.0 Å². The van der Waals surface area contributed by atoms with E-state index in [1.807, 2.05) is 11.9 Å². The van der Waals surface area contributed by atoms with Crippen LogP contribution < -0.4 is 0 Å². The van der Waals surface area contributed by atoms with Crippen LogP contribution in [0.4, 0.5) is 0 Å². The molecule has 0 N–H and O–H groups in total. The van der Waals surface area contributed by atoms with Gasteiger partial charge >= 0.3 is 0 Å². The van der Waals surface area contributed by atoms with E-state index in [1.54, 1.807) is 0 Å². The quantitative estimate of drug-likeness (QED) is 0.708. The number of piperidine rings is 1. The molecule has 3 heteroatoms. The van der Waals surface area contributed by atoms with Gasteiger partial charge in [0.05, 0.1) is 0 Å². The fourth-order valence-electron chi connectivity index (χ4n) is 3.58. The van der Waals surface area contributed by atoms with Gasteiger partial charge in [-0.25, -0.2) is 0 Å². The summed E-state index contributed by atoms with van der Waals surface area (Å²) in [6.45, 7) is 11.4. The lowest BCUT2D eigenvalue weighted by molar-refractivity contribution is 0.206. The van der Waals surface area contributed by atoms with Gasteiger partial charge in [-0.15, -0.1) is 0 Å². The molecule has 2 aliphatic rings. The van der Waals surface area contributed by atoms with Gasteiger partial charge in [0.1, 0.15) is 0 Å². The van der Waals surface area contributed by atoms with Crippen molar-refractivity contribution in [2.24, 2.45) is 17.8 Å². The summed E-state index contributed by atoms with van der Waals surface area (Å²) < 4.78 is 2.52. The standard InChI is InChI=1S/C15H30N2S/c1-13(2)10-15-4-7-16(12-15)11-14-5-8-17(18-3)9-6-14/h13-15H,4-12H2,1-3H3/t15-/m1/s1. The third-order valence-electron chi connectivity index (χ3n) is 4.52. The maximum absolute atomic E-state index is 2.74. The largest absolute Gasteiger partial charge is 0.303 e. The molecule has 0 aromatic carbocycles. The van der Waals surface area contributed by atoms with Gasteiger partial charge in [0.25, 0.3) is 0 Å². The molecule has 106 valence electrons. The van der Waals surface area contributed by atoms with Crippen LogP contribution in [-0.2, 0) is 0 Å². The summed E-state index contributed by atoms with van der Waals surface area (Å²) in [6, 6.07) is 0. The average molecular weight is 270 g/mol. The molecule has 2 saturated heterocycles.